The van der Waals surface area contributed by atoms with Crippen LogP contribution in [0.25, 0.3) is 33.0 Å². The van der Waals surface area contributed by atoms with Crippen molar-refractivity contribution in [2.45, 2.75) is 0 Å². The summed E-state index contributed by atoms with van der Waals surface area (Å²) in [5, 5.41) is 6.24. The largest absolute Gasteiger partial charge is 0.398 e. The summed E-state index contributed by atoms with van der Waals surface area (Å²) < 4.78 is 0. The quantitative estimate of drug-likeness (QED) is 0.290. The van der Waals surface area contributed by atoms with Crippen LogP contribution in [-0.4, -0.2) is 0 Å². The lowest BCUT2D eigenvalue weighted by Crippen LogP contribution is -1.91. The van der Waals surface area contributed by atoms with E-state index in [-0.39, 0.29) is 0 Å². The van der Waals surface area contributed by atoms with Gasteiger partial charge in [-0.25, -0.2) is 0 Å². The summed E-state index contributed by atoms with van der Waals surface area (Å²) in [5.41, 5.74) is 10.7. The minimum absolute atomic E-state index is 0.311. The highest BCUT2D eigenvalue weighted by Crippen LogP contribution is 2.40. The predicted octanol–water partition coefficient (Wildman–Crippen LogP) is 7.46. The molecule has 0 saturated carbocycles. The Morgan fingerprint density at radius 3 is 1.81 bits per heavy atom. The van der Waals surface area contributed by atoms with E-state index < -0.39 is 0 Å². The Balaban J connectivity index is 2.00. The van der Waals surface area contributed by atoms with Gasteiger partial charge in [-0.3, -0.25) is 0 Å². The third-order valence-corrected chi connectivity index (χ3v) is 5.04. The van der Waals surface area contributed by atoms with Crippen LogP contribution in [0.5, 0.6) is 0 Å². The molecule has 3 nitrogen and oxygen atoms in total. The minimum atomic E-state index is 0.311. The maximum Gasteiger partial charge on any atom is 0.117 e. The average molecular weight is 393 g/mol. The van der Waals surface area contributed by atoms with Gasteiger partial charge in [-0.1, -0.05) is 71.7 Å². The number of nitrogens with two attached hydrogens (primary N) is 1. The molecule has 0 amide bonds. The van der Waals surface area contributed by atoms with Crippen molar-refractivity contribution in [1.82, 2.24) is 0 Å². The van der Waals surface area contributed by atoms with Crippen LogP contribution in [-0.2, 0) is 0 Å². The molecule has 4 aromatic rings. The smallest absolute Gasteiger partial charge is 0.117 e. The van der Waals surface area contributed by atoms with E-state index in [2.05, 4.69) is 5.18 Å². The van der Waals surface area contributed by atoms with Gasteiger partial charge in [0.25, 0.3) is 0 Å². The molecule has 5 heteroatoms. The Hall–Kier alpha value is -2.88. The standard InChI is InChI=1S/C22H14Cl2N2O/c23-13-7-9-19(21(25)11-13)17-5-1-4-16-15(17)3-2-6-18(16)20-10-8-14(24)12-22(20)26-27/h1-12H,25H2. The SMILES string of the molecule is Nc1cc(Cl)ccc1-c1cccc2c(-c3ccc(Cl)cc3N=O)cccc12. The number of rotatable bonds is 3. The highest BCUT2D eigenvalue weighted by molar-refractivity contribution is 6.31. The first-order chi connectivity index (χ1) is 13.1. The molecule has 132 valence electrons. The van der Waals surface area contributed by atoms with E-state index in [9.17, 15) is 4.91 Å². The molecule has 0 bridgehead atoms. The zero-order valence-electron chi connectivity index (χ0n) is 14.1. The summed E-state index contributed by atoms with van der Waals surface area (Å²) in [6.45, 7) is 0. The molecule has 27 heavy (non-hydrogen) atoms. The van der Waals surface area contributed by atoms with E-state index in [0.29, 0.717) is 21.4 Å². The van der Waals surface area contributed by atoms with Crippen molar-refractivity contribution in [1.29, 1.82) is 0 Å². The van der Waals surface area contributed by atoms with Gasteiger partial charge in [0, 0.05) is 26.9 Å². The number of fused-ring (bicyclic) bond motifs is 1. The van der Waals surface area contributed by atoms with Crippen molar-refractivity contribution >= 4 is 45.3 Å². The minimum Gasteiger partial charge on any atom is -0.398 e. The highest BCUT2D eigenvalue weighted by atomic mass is 35.5. The monoisotopic (exact) mass is 392 g/mol. The summed E-state index contributed by atoms with van der Waals surface area (Å²) >= 11 is 12.1. The van der Waals surface area contributed by atoms with E-state index in [0.717, 1.165) is 33.0 Å². The summed E-state index contributed by atoms with van der Waals surface area (Å²) in [7, 11) is 0. The Bertz CT molecular complexity index is 1190. The molecule has 0 radical (unpaired) electrons. The van der Waals surface area contributed by atoms with Crippen molar-refractivity contribution in [3.05, 3.63) is 87.7 Å². The lowest BCUT2D eigenvalue weighted by molar-refractivity contribution is 1.49. The molecular weight excluding hydrogens is 379 g/mol. The molecule has 0 aliphatic rings. The number of nitrogens with zero attached hydrogens (tertiary/aromatic N) is 1. The van der Waals surface area contributed by atoms with Gasteiger partial charge in [0.2, 0.25) is 0 Å². The molecule has 4 rings (SSSR count). The topological polar surface area (TPSA) is 55.4 Å². The van der Waals surface area contributed by atoms with Crippen LogP contribution in [0.2, 0.25) is 10.0 Å². The lowest BCUT2D eigenvalue weighted by Gasteiger charge is -2.13. The first-order valence-electron chi connectivity index (χ1n) is 8.29. The zero-order valence-corrected chi connectivity index (χ0v) is 15.6. The maximum atomic E-state index is 11.3. The summed E-state index contributed by atoms with van der Waals surface area (Å²) in [5.74, 6) is 0. The molecule has 0 atom stereocenters. The summed E-state index contributed by atoms with van der Waals surface area (Å²) in [4.78, 5) is 11.3. The van der Waals surface area contributed by atoms with E-state index >= 15 is 0 Å². The van der Waals surface area contributed by atoms with Gasteiger partial charge >= 0.3 is 0 Å². The van der Waals surface area contributed by atoms with Crippen LogP contribution < -0.4 is 5.73 Å². The van der Waals surface area contributed by atoms with Gasteiger partial charge in [0.15, 0.2) is 0 Å². The Morgan fingerprint density at radius 2 is 1.22 bits per heavy atom. The van der Waals surface area contributed by atoms with Gasteiger partial charge in [0.05, 0.1) is 0 Å². The van der Waals surface area contributed by atoms with Crippen LogP contribution in [0.4, 0.5) is 11.4 Å². The van der Waals surface area contributed by atoms with Crippen LogP contribution >= 0.6 is 23.2 Å². The normalized spacial score (nSPS) is 10.9. The Labute approximate surface area is 166 Å². The Morgan fingerprint density at radius 1 is 0.667 bits per heavy atom. The molecule has 0 saturated heterocycles. The number of hydrogen-bond donors (Lipinski definition) is 1. The highest BCUT2D eigenvalue weighted by Gasteiger charge is 2.13. The van der Waals surface area contributed by atoms with Crippen molar-refractivity contribution < 1.29 is 0 Å². The molecule has 0 aromatic heterocycles. The number of nitrogen functional groups attached to an aromatic ring is 1. The number of nitroso groups, excluding NO2 is 1. The molecule has 0 fully saturated rings. The number of halogens is 2. The van der Waals surface area contributed by atoms with Gasteiger partial charge in [-0.2, -0.15) is 0 Å². The molecule has 0 aliphatic carbocycles. The molecule has 2 N–H and O–H groups in total. The molecule has 0 unspecified atom stereocenters. The second kappa shape index (κ2) is 7.03. The first kappa shape index (κ1) is 17.5. The third-order valence-electron chi connectivity index (χ3n) is 4.57. The van der Waals surface area contributed by atoms with Gasteiger partial charge < -0.3 is 5.73 Å². The van der Waals surface area contributed by atoms with Crippen molar-refractivity contribution in [2.24, 2.45) is 5.18 Å². The molecule has 0 spiro atoms. The second-order valence-electron chi connectivity index (χ2n) is 6.19. The van der Waals surface area contributed by atoms with Gasteiger partial charge in [0.1, 0.15) is 5.69 Å². The van der Waals surface area contributed by atoms with Gasteiger partial charge in [-0.15, -0.1) is 4.91 Å². The zero-order chi connectivity index (χ0) is 19.0. The lowest BCUT2D eigenvalue weighted by atomic mass is 9.92. The predicted molar refractivity (Wildman–Crippen MR) is 115 cm³/mol. The van der Waals surface area contributed by atoms with Crippen LogP contribution in [0.15, 0.2) is 78.0 Å². The van der Waals surface area contributed by atoms with E-state index in [1.807, 2.05) is 54.6 Å². The van der Waals surface area contributed by atoms with Crippen molar-refractivity contribution in [2.75, 3.05) is 5.73 Å². The number of anilines is 1. The molecular formula is C22H14Cl2N2O. The summed E-state index contributed by atoms with van der Waals surface area (Å²) in [6.07, 6.45) is 0. The molecule has 4 aromatic carbocycles. The van der Waals surface area contributed by atoms with Crippen molar-refractivity contribution in [3.63, 3.8) is 0 Å². The van der Waals surface area contributed by atoms with E-state index in [1.54, 1.807) is 18.2 Å². The first-order valence-corrected chi connectivity index (χ1v) is 9.04. The Kier molecular flexibility index (Phi) is 4.56. The maximum absolute atomic E-state index is 11.3. The second-order valence-corrected chi connectivity index (χ2v) is 7.06. The van der Waals surface area contributed by atoms with Crippen LogP contribution in [0.3, 0.4) is 0 Å². The fraction of sp³-hybridized carbons (Fsp3) is 0. The van der Waals surface area contributed by atoms with E-state index in [1.165, 1.54) is 0 Å². The average Bonchev–Trinajstić information content (AvgIpc) is 2.67. The fourth-order valence-electron chi connectivity index (χ4n) is 3.37. The third kappa shape index (κ3) is 3.16. The molecule has 0 heterocycles. The van der Waals surface area contributed by atoms with Crippen molar-refractivity contribution in [3.8, 4) is 22.3 Å². The van der Waals surface area contributed by atoms with E-state index in [4.69, 9.17) is 28.9 Å². The van der Waals surface area contributed by atoms with Crippen LogP contribution in [0, 0.1) is 4.91 Å². The fourth-order valence-corrected chi connectivity index (χ4v) is 3.71. The van der Waals surface area contributed by atoms with Crippen LogP contribution in [0.1, 0.15) is 0 Å². The molecule has 0 aliphatic heterocycles. The number of hydrogen-bond acceptors (Lipinski definition) is 3. The van der Waals surface area contributed by atoms with Gasteiger partial charge in [-0.05, 0) is 51.3 Å². The summed E-state index contributed by atoms with van der Waals surface area (Å²) in [6, 6.07) is 22.6. The number of benzene rings is 4.